The summed E-state index contributed by atoms with van der Waals surface area (Å²) in [5, 5.41) is 29.5. The Bertz CT molecular complexity index is 830. The lowest BCUT2D eigenvalue weighted by atomic mass is 9.89. The number of nitriles is 1. The van der Waals surface area contributed by atoms with E-state index in [0.29, 0.717) is 16.6 Å². The van der Waals surface area contributed by atoms with E-state index < -0.39 is 24.2 Å². The lowest BCUT2D eigenvalue weighted by molar-refractivity contribution is -0.135. The topological polar surface area (TPSA) is 123 Å². The zero-order valence-electron chi connectivity index (χ0n) is 11.8. The van der Waals surface area contributed by atoms with Crippen LogP contribution in [0.3, 0.4) is 0 Å². The van der Waals surface area contributed by atoms with Gasteiger partial charge >= 0.3 is 5.97 Å². The van der Waals surface area contributed by atoms with Crippen molar-refractivity contribution >= 4 is 25.2 Å². The summed E-state index contributed by atoms with van der Waals surface area (Å²) < 4.78 is 0. The second-order valence-corrected chi connectivity index (χ2v) is 4.58. The molecule has 112 valence electrons. The quantitative estimate of drug-likeness (QED) is 0.680. The molecule has 2 aromatic rings. The number of aromatic nitrogens is 1. The maximum Gasteiger partial charge on any atom is 0.322 e. The fraction of sp³-hybridized carbons (Fsp3) is 0.0667. The molecule has 1 aromatic heterocycles. The molecular weight excluding hydrogens is 297 g/mol. The number of nitrogens with zero attached hydrogens (tertiary/aromatic N) is 2. The number of amides is 1. The number of carbonyl (C=O) groups is 2. The summed E-state index contributed by atoms with van der Waals surface area (Å²) in [7, 11) is 5.64. The van der Waals surface area contributed by atoms with Gasteiger partial charge in [-0.3, -0.25) is 9.59 Å². The van der Waals surface area contributed by atoms with Gasteiger partial charge in [0, 0.05) is 17.3 Å². The Morgan fingerprint density at radius 1 is 1.30 bits per heavy atom. The number of hydrogen-bond donors (Lipinski definition) is 3. The van der Waals surface area contributed by atoms with E-state index in [1.165, 1.54) is 18.3 Å². The smallest absolute Gasteiger partial charge is 0.322 e. The Balaban J connectivity index is 2.31. The molecule has 8 heteroatoms. The molecule has 0 saturated carbocycles. The third-order valence-corrected chi connectivity index (χ3v) is 2.99. The van der Waals surface area contributed by atoms with Crippen molar-refractivity contribution in [2.24, 2.45) is 0 Å². The Hall–Kier alpha value is -3.34. The van der Waals surface area contributed by atoms with Crippen LogP contribution in [-0.2, 0) is 4.79 Å². The first-order valence-electron chi connectivity index (χ1n) is 6.41. The fourth-order valence-electron chi connectivity index (χ4n) is 1.86. The van der Waals surface area contributed by atoms with Crippen LogP contribution in [0.5, 0.6) is 5.75 Å². The van der Waals surface area contributed by atoms with E-state index >= 15 is 0 Å². The minimum atomic E-state index is -1.21. The van der Waals surface area contributed by atoms with Crippen LogP contribution in [-0.4, -0.2) is 41.5 Å². The third-order valence-electron chi connectivity index (χ3n) is 2.99. The lowest BCUT2D eigenvalue weighted by Crippen LogP contribution is -2.29. The van der Waals surface area contributed by atoms with Crippen molar-refractivity contribution in [2.45, 2.75) is 0 Å². The van der Waals surface area contributed by atoms with Gasteiger partial charge in [-0.2, -0.15) is 5.26 Å². The molecule has 0 fully saturated rings. The molecule has 0 saturated heterocycles. The summed E-state index contributed by atoms with van der Waals surface area (Å²) in [5.74, 6) is -2.41. The maximum absolute atomic E-state index is 11.7. The van der Waals surface area contributed by atoms with Crippen LogP contribution in [0.1, 0.15) is 16.1 Å². The van der Waals surface area contributed by atoms with Crippen molar-refractivity contribution < 1.29 is 19.8 Å². The average molecular weight is 307 g/mol. The molecule has 2 radical (unpaired) electrons. The van der Waals surface area contributed by atoms with E-state index in [9.17, 15) is 14.7 Å². The van der Waals surface area contributed by atoms with Crippen LogP contribution in [0.25, 0.3) is 11.1 Å². The summed E-state index contributed by atoms with van der Waals surface area (Å²) in [6.07, 6.45) is 1.34. The van der Waals surface area contributed by atoms with Crippen LogP contribution in [0.2, 0.25) is 0 Å². The zero-order chi connectivity index (χ0) is 17.0. The Kier molecular flexibility index (Phi) is 4.62. The standard InChI is InChI=1S/C15H10BN3O4/c16-11-2-1-8(3-9(11)5-17)10-4-12(20)14(18-6-10)15(23)19-7-13(21)22/h1-4,6,20H,7H2,(H,19,23)(H,21,22). The SMILES string of the molecule is [B]c1ccc(-c2cnc(C(=O)NCC(=O)O)c(O)c2)cc1C#N. The molecule has 1 aromatic carbocycles. The third kappa shape index (κ3) is 3.65. The summed E-state index contributed by atoms with van der Waals surface area (Å²) in [5.41, 5.74) is 1.40. The van der Waals surface area contributed by atoms with Gasteiger partial charge in [0.2, 0.25) is 0 Å². The van der Waals surface area contributed by atoms with Crippen LogP contribution >= 0.6 is 0 Å². The van der Waals surface area contributed by atoms with E-state index in [1.807, 2.05) is 6.07 Å². The number of carboxylic acid groups (broad SMARTS) is 1. The molecule has 0 aliphatic carbocycles. The van der Waals surface area contributed by atoms with E-state index in [4.69, 9.17) is 18.2 Å². The number of nitrogens with one attached hydrogen (secondary N) is 1. The predicted molar refractivity (Wildman–Crippen MR) is 81.4 cm³/mol. The lowest BCUT2D eigenvalue weighted by Gasteiger charge is -2.08. The van der Waals surface area contributed by atoms with Gasteiger partial charge in [0.05, 0.1) is 6.07 Å². The summed E-state index contributed by atoms with van der Waals surface area (Å²) >= 11 is 0. The number of hydrogen-bond acceptors (Lipinski definition) is 5. The monoisotopic (exact) mass is 307 g/mol. The zero-order valence-corrected chi connectivity index (χ0v) is 11.8. The molecule has 2 rings (SSSR count). The highest BCUT2D eigenvalue weighted by Crippen LogP contribution is 2.24. The van der Waals surface area contributed by atoms with Gasteiger partial charge in [-0.05, 0) is 17.7 Å². The number of rotatable bonds is 4. The molecule has 1 heterocycles. The highest BCUT2D eigenvalue weighted by atomic mass is 16.4. The van der Waals surface area contributed by atoms with Gasteiger partial charge in [0.15, 0.2) is 5.69 Å². The maximum atomic E-state index is 11.7. The van der Waals surface area contributed by atoms with Crippen molar-refractivity contribution in [3.05, 3.63) is 41.7 Å². The van der Waals surface area contributed by atoms with Crippen molar-refractivity contribution in [1.82, 2.24) is 10.3 Å². The van der Waals surface area contributed by atoms with Crippen molar-refractivity contribution in [3.8, 4) is 22.9 Å². The molecule has 7 nitrogen and oxygen atoms in total. The summed E-state index contributed by atoms with van der Waals surface area (Å²) in [6.45, 7) is -0.578. The van der Waals surface area contributed by atoms with Gasteiger partial charge in [-0.1, -0.05) is 17.6 Å². The number of aromatic hydroxyl groups is 1. The number of carbonyl (C=O) groups excluding carboxylic acids is 1. The highest BCUT2D eigenvalue weighted by Gasteiger charge is 2.15. The number of aliphatic carboxylic acids is 1. The summed E-state index contributed by atoms with van der Waals surface area (Å²) in [6, 6.07) is 7.99. The molecular formula is C15H10BN3O4. The van der Waals surface area contributed by atoms with Crippen LogP contribution in [0.15, 0.2) is 30.5 Å². The number of pyridine rings is 1. The minimum Gasteiger partial charge on any atom is -0.505 e. The second kappa shape index (κ2) is 6.62. The first-order valence-corrected chi connectivity index (χ1v) is 6.41. The molecule has 0 atom stereocenters. The van der Waals surface area contributed by atoms with Gasteiger partial charge in [0.25, 0.3) is 5.91 Å². The van der Waals surface area contributed by atoms with Crippen LogP contribution in [0, 0.1) is 11.3 Å². The normalized spacial score (nSPS) is 9.87. The van der Waals surface area contributed by atoms with Crippen molar-refractivity contribution in [2.75, 3.05) is 6.54 Å². The molecule has 0 aliphatic rings. The Morgan fingerprint density at radius 2 is 2.04 bits per heavy atom. The van der Waals surface area contributed by atoms with E-state index in [2.05, 4.69) is 10.3 Å². The molecule has 3 N–H and O–H groups in total. The first kappa shape index (κ1) is 16.0. The van der Waals surface area contributed by atoms with Crippen molar-refractivity contribution in [1.29, 1.82) is 5.26 Å². The number of benzene rings is 1. The largest absolute Gasteiger partial charge is 0.505 e. The fourth-order valence-corrected chi connectivity index (χ4v) is 1.86. The van der Waals surface area contributed by atoms with E-state index in [-0.39, 0.29) is 11.3 Å². The van der Waals surface area contributed by atoms with Gasteiger partial charge in [-0.15, -0.1) is 0 Å². The average Bonchev–Trinajstić information content (AvgIpc) is 2.53. The second-order valence-electron chi connectivity index (χ2n) is 4.58. The van der Waals surface area contributed by atoms with Gasteiger partial charge in [-0.25, -0.2) is 4.98 Å². The Labute approximate surface area is 132 Å². The number of carboxylic acids is 1. The molecule has 1 amide bonds. The van der Waals surface area contributed by atoms with Gasteiger partial charge < -0.3 is 15.5 Å². The van der Waals surface area contributed by atoms with Crippen LogP contribution < -0.4 is 10.8 Å². The molecule has 0 unspecified atom stereocenters. The highest BCUT2D eigenvalue weighted by molar-refractivity contribution is 6.33. The minimum absolute atomic E-state index is 0.283. The van der Waals surface area contributed by atoms with Crippen LogP contribution in [0.4, 0.5) is 0 Å². The first-order chi connectivity index (χ1) is 10.9. The molecule has 0 spiro atoms. The molecule has 0 bridgehead atoms. The van der Waals surface area contributed by atoms with E-state index in [1.54, 1.807) is 12.1 Å². The predicted octanol–water partition coefficient (Wildman–Crippen LogP) is -0.0659. The Morgan fingerprint density at radius 3 is 2.65 bits per heavy atom. The molecule has 23 heavy (non-hydrogen) atoms. The van der Waals surface area contributed by atoms with Crippen molar-refractivity contribution in [3.63, 3.8) is 0 Å². The molecule has 0 aliphatic heterocycles. The van der Waals surface area contributed by atoms with E-state index in [0.717, 1.165) is 0 Å². The summed E-state index contributed by atoms with van der Waals surface area (Å²) in [4.78, 5) is 26.0. The van der Waals surface area contributed by atoms with Gasteiger partial charge in [0.1, 0.15) is 20.1 Å².